The van der Waals surface area contributed by atoms with Gasteiger partial charge in [0.2, 0.25) is 0 Å². The Morgan fingerprint density at radius 1 is 1.11 bits per heavy atom. The molecular weight excluding hydrogens is 464 g/mol. The van der Waals surface area contributed by atoms with Crippen LogP contribution in [0.4, 0.5) is 0 Å². The summed E-state index contributed by atoms with van der Waals surface area (Å²) >= 11 is 0. The number of hydrogen-bond acceptors (Lipinski definition) is 6. The molecule has 4 aliphatic rings. The molecule has 0 aromatic rings. The minimum Gasteiger partial charge on any atom is -0.469 e. The summed E-state index contributed by atoms with van der Waals surface area (Å²) in [6, 6.07) is 0. The molecule has 3 saturated carbocycles. The molecule has 6 nitrogen and oxygen atoms in total. The van der Waals surface area contributed by atoms with Gasteiger partial charge in [0.1, 0.15) is 6.10 Å². The molecule has 1 N–H and O–H groups in total. The fourth-order valence-corrected chi connectivity index (χ4v) is 9.12. The maximum Gasteiger partial charge on any atom is 0.320 e. The first-order chi connectivity index (χ1) is 17.6. The van der Waals surface area contributed by atoms with Gasteiger partial charge in [-0.2, -0.15) is 0 Å². The Labute approximate surface area is 225 Å². The number of ether oxygens (including phenoxy) is 2. The van der Waals surface area contributed by atoms with E-state index in [1.807, 2.05) is 19.0 Å². The molecule has 0 unspecified atom stereocenters. The summed E-state index contributed by atoms with van der Waals surface area (Å²) in [4.78, 5) is 25.5. The van der Waals surface area contributed by atoms with Crippen LogP contribution in [0.2, 0.25) is 0 Å². The summed E-state index contributed by atoms with van der Waals surface area (Å²) in [5.41, 5.74) is 2.29. The summed E-state index contributed by atoms with van der Waals surface area (Å²) in [7, 11) is 5.29. The minimum atomic E-state index is -0.116. The van der Waals surface area contributed by atoms with Gasteiger partial charge < -0.3 is 14.8 Å². The SMILES string of the molecule is COC(=O)CCCNC[C@@H](C)[C@H]1CC[C@H]2[C@@H]3CC=C4C[C@@H](OC(=O)CN(C)C)CC[C@]4(C)[C@H]3CC[C@]12C. The van der Waals surface area contributed by atoms with Crippen molar-refractivity contribution in [2.45, 2.75) is 91.1 Å². The number of hydrogen-bond donors (Lipinski definition) is 1. The number of carbonyl (C=O) groups excluding carboxylic acids is 2. The topological polar surface area (TPSA) is 67.9 Å². The second-order valence-corrected chi connectivity index (χ2v) is 13.4. The third kappa shape index (κ3) is 5.95. The number of fused-ring (bicyclic) bond motifs is 5. The third-order valence-corrected chi connectivity index (χ3v) is 11.0. The number of carbonyl (C=O) groups is 2. The maximum absolute atomic E-state index is 12.3. The fourth-order valence-electron chi connectivity index (χ4n) is 9.12. The van der Waals surface area contributed by atoms with E-state index in [-0.39, 0.29) is 23.5 Å². The lowest BCUT2D eigenvalue weighted by atomic mass is 9.47. The van der Waals surface area contributed by atoms with Crippen LogP contribution in [-0.2, 0) is 19.1 Å². The van der Waals surface area contributed by atoms with Crippen LogP contribution >= 0.6 is 0 Å². The quantitative estimate of drug-likeness (QED) is 0.244. The van der Waals surface area contributed by atoms with Crippen molar-refractivity contribution < 1.29 is 19.1 Å². The van der Waals surface area contributed by atoms with Gasteiger partial charge in [0.15, 0.2) is 0 Å². The van der Waals surface area contributed by atoms with Gasteiger partial charge in [-0.1, -0.05) is 32.4 Å². The van der Waals surface area contributed by atoms with Crippen LogP contribution in [0.3, 0.4) is 0 Å². The van der Waals surface area contributed by atoms with Gasteiger partial charge in [-0.25, -0.2) is 0 Å². The van der Waals surface area contributed by atoms with Crippen molar-refractivity contribution in [3.05, 3.63) is 11.6 Å². The predicted molar refractivity (Wildman–Crippen MR) is 147 cm³/mol. The number of likely N-dealkylation sites (N-methyl/N-ethyl adjacent to an activating group) is 1. The van der Waals surface area contributed by atoms with Gasteiger partial charge >= 0.3 is 11.9 Å². The first-order valence-electron chi connectivity index (χ1n) is 14.9. The summed E-state index contributed by atoms with van der Waals surface area (Å²) < 4.78 is 10.6. The Morgan fingerprint density at radius 3 is 2.62 bits per heavy atom. The van der Waals surface area contributed by atoms with Crippen molar-refractivity contribution in [1.29, 1.82) is 0 Å². The summed E-state index contributed by atoms with van der Waals surface area (Å²) in [6.07, 6.45) is 13.7. The molecule has 3 fully saturated rings. The van der Waals surface area contributed by atoms with E-state index in [4.69, 9.17) is 9.47 Å². The van der Waals surface area contributed by atoms with Crippen LogP contribution in [0.5, 0.6) is 0 Å². The third-order valence-electron chi connectivity index (χ3n) is 11.0. The zero-order valence-corrected chi connectivity index (χ0v) is 24.3. The van der Waals surface area contributed by atoms with E-state index < -0.39 is 0 Å². The van der Waals surface area contributed by atoms with Crippen LogP contribution in [0.15, 0.2) is 11.6 Å². The molecule has 0 heterocycles. The number of esters is 2. The lowest BCUT2D eigenvalue weighted by Crippen LogP contribution is -2.51. The van der Waals surface area contributed by atoms with Gasteiger partial charge in [-0.3, -0.25) is 14.5 Å². The number of nitrogens with one attached hydrogen (secondary N) is 1. The fraction of sp³-hybridized carbons (Fsp3) is 0.871. The summed E-state index contributed by atoms with van der Waals surface area (Å²) in [5.74, 6) is 3.61. The van der Waals surface area contributed by atoms with Crippen LogP contribution in [0, 0.1) is 40.4 Å². The standard InChI is InChI=1S/C31H52N2O4/c1-21(19-32-17-7-8-28(34)36-6)25-11-12-26-24-10-9-22-18-23(37-29(35)20-33(4)5)13-15-30(22,2)27(24)14-16-31(25,26)3/h9,21,23-27,32H,7-8,10-20H2,1-6H3/t21-,23+,24+,25-,26+,27+,30+,31-/m1/s1. The van der Waals surface area contributed by atoms with Crippen molar-refractivity contribution >= 4 is 11.9 Å². The smallest absolute Gasteiger partial charge is 0.320 e. The highest BCUT2D eigenvalue weighted by molar-refractivity contribution is 5.71. The van der Waals surface area contributed by atoms with E-state index in [0.717, 1.165) is 62.4 Å². The van der Waals surface area contributed by atoms with Gasteiger partial charge in [0, 0.05) is 12.8 Å². The molecule has 0 saturated heterocycles. The van der Waals surface area contributed by atoms with Gasteiger partial charge in [0.25, 0.3) is 0 Å². The lowest BCUT2D eigenvalue weighted by molar-refractivity contribution is -0.152. The van der Waals surface area contributed by atoms with Crippen molar-refractivity contribution in [2.24, 2.45) is 40.4 Å². The number of allylic oxidation sites excluding steroid dienone is 1. The van der Waals surface area contributed by atoms with Crippen LogP contribution in [-0.4, -0.2) is 63.8 Å². The highest BCUT2D eigenvalue weighted by Crippen LogP contribution is 2.67. The van der Waals surface area contributed by atoms with Crippen LogP contribution in [0.1, 0.15) is 85.0 Å². The monoisotopic (exact) mass is 516 g/mol. The molecule has 6 heteroatoms. The Kier molecular flexibility index (Phi) is 9.10. The molecule has 37 heavy (non-hydrogen) atoms. The van der Waals surface area contributed by atoms with E-state index in [9.17, 15) is 9.59 Å². The van der Waals surface area contributed by atoms with Crippen LogP contribution in [0.25, 0.3) is 0 Å². The normalized spacial score (nSPS) is 37.7. The largest absolute Gasteiger partial charge is 0.469 e. The summed E-state index contributed by atoms with van der Waals surface area (Å²) in [5, 5.41) is 3.63. The molecule has 0 amide bonds. The van der Waals surface area contributed by atoms with Gasteiger partial charge in [-0.05, 0) is 119 Å². The van der Waals surface area contributed by atoms with Crippen molar-refractivity contribution in [1.82, 2.24) is 10.2 Å². The number of nitrogens with zero attached hydrogens (tertiary/aromatic N) is 1. The molecule has 4 aliphatic carbocycles. The highest BCUT2D eigenvalue weighted by Gasteiger charge is 2.59. The van der Waals surface area contributed by atoms with E-state index >= 15 is 0 Å². The zero-order chi connectivity index (χ0) is 26.8. The van der Waals surface area contributed by atoms with Crippen molar-refractivity contribution in [3.8, 4) is 0 Å². The molecule has 0 spiro atoms. The lowest BCUT2D eigenvalue weighted by Gasteiger charge is -2.58. The summed E-state index contributed by atoms with van der Waals surface area (Å²) in [6.45, 7) is 9.87. The molecular formula is C31H52N2O4. The predicted octanol–water partition coefficient (Wildman–Crippen LogP) is 5.22. The first kappa shape index (κ1) is 28.6. The Morgan fingerprint density at radius 2 is 1.89 bits per heavy atom. The molecule has 210 valence electrons. The molecule has 0 bridgehead atoms. The molecule has 4 rings (SSSR count). The molecule has 8 atom stereocenters. The van der Waals surface area contributed by atoms with E-state index in [1.165, 1.54) is 39.2 Å². The average molecular weight is 517 g/mol. The van der Waals surface area contributed by atoms with E-state index in [1.54, 1.807) is 5.57 Å². The Hall–Kier alpha value is -1.40. The van der Waals surface area contributed by atoms with Crippen LogP contribution < -0.4 is 5.32 Å². The van der Waals surface area contributed by atoms with E-state index in [2.05, 4.69) is 32.2 Å². The molecule has 0 radical (unpaired) electrons. The molecule has 0 aromatic carbocycles. The molecule has 0 aliphatic heterocycles. The van der Waals surface area contributed by atoms with E-state index in [0.29, 0.717) is 24.3 Å². The second kappa shape index (κ2) is 11.8. The number of methoxy groups -OCH3 is 1. The van der Waals surface area contributed by atoms with Crippen molar-refractivity contribution in [3.63, 3.8) is 0 Å². The van der Waals surface area contributed by atoms with Gasteiger partial charge in [0.05, 0.1) is 13.7 Å². The Balaban J connectivity index is 1.35. The Bertz CT molecular complexity index is 856. The van der Waals surface area contributed by atoms with Crippen molar-refractivity contribution in [2.75, 3.05) is 40.8 Å². The molecule has 0 aromatic heterocycles. The first-order valence-corrected chi connectivity index (χ1v) is 14.9. The minimum absolute atomic E-state index is 0.0500. The zero-order valence-electron chi connectivity index (χ0n) is 24.3. The second-order valence-electron chi connectivity index (χ2n) is 13.4. The maximum atomic E-state index is 12.3. The number of rotatable bonds is 10. The highest BCUT2D eigenvalue weighted by atomic mass is 16.5. The average Bonchev–Trinajstić information content (AvgIpc) is 3.20. The van der Waals surface area contributed by atoms with Gasteiger partial charge in [-0.15, -0.1) is 0 Å².